The fourth-order valence-electron chi connectivity index (χ4n) is 2.09. The molecule has 0 aromatic rings. The van der Waals surface area contributed by atoms with Gasteiger partial charge in [-0.25, -0.2) is 0 Å². The summed E-state index contributed by atoms with van der Waals surface area (Å²) in [5.41, 5.74) is 0. The molecule has 0 aromatic heterocycles. The van der Waals surface area contributed by atoms with Gasteiger partial charge in [-0.1, -0.05) is 47.0 Å². The standard InChI is InChI=1S/C17H38O4Si/c1-8-9-10-11-15(12-16(13-18)20-14-19-5)21-22(6,7)17(2,3)4/h15-16,18H,8-14H2,1-7H3/t15-,16+/m1/s1. The molecule has 5 heteroatoms. The van der Waals surface area contributed by atoms with Gasteiger partial charge in [-0.15, -0.1) is 0 Å². The minimum atomic E-state index is -1.81. The van der Waals surface area contributed by atoms with Crippen LogP contribution in [0.3, 0.4) is 0 Å². The van der Waals surface area contributed by atoms with Crippen LogP contribution < -0.4 is 0 Å². The number of hydrogen-bond donors (Lipinski definition) is 1. The maximum Gasteiger partial charge on any atom is 0.192 e. The molecule has 0 rings (SSSR count). The molecule has 0 bridgehead atoms. The van der Waals surface area contributed by atoms with Gasteiger partial charge in [0.1, 0.15) is 6.79 Å². The minimum Gasteiger partial charge on any atom is -0.414 e. The smallest absolute Gasteiger partial charge is 0.192 e. The molecule has 0 saturated carbocycles. The summed E-state index contributed by atoms with van der Waals surface area (Å²) in [5, 5.41) is 9.70. The lowest BCUT2D eigenvalue weighted by Gasteiger charge is -2.40. The Labute approximate surface area is 138 Å². The lowest BCUT2D eigenvalue weighted by atomic mass is 10.1. The Morgan fingerprint density at radius 3 is 2.18 bits per heavy atom. The number of ether oxygens (including phenoxy) is 2. The highest BCUT2D eigenvalue weighted by Gasteiger charge is 2.39. The zero-order chi connectivity index (χ0) is 17.2. The molecule has 0 aliphatic carbocycles. The molecule has 0 aromatic carbocycles. The van der Waals surface area contributed by atoms with Gasteiger partial charge in [-0.2, -0.15) is 0 Å². The van der Waals surface area contributed by atoms with E-state index in [1.54, 1.807) is 7.11 Å². The van der Waals surface area contributed by atoms with Gasteiger partial charge in [0.2, 0.25) is 0 Å². The van der Waals surface area contributed by atoms with Gasteiger partial charge in [0, 0.05) is 19.6 Å². The summed E-state index contributed by atoms with van der Waals surface area (Å²) in [6, 6.07) is 0. The molecular formula is C17H38O4Si. The van der Waals surface area contributed by atoms with Gasteiger partial charge in [-0.05, 0) is 24.6 Å². The van der Waals surface area contributed by atoms with Crippen molar-refractivity contribution in [3.05, 3.63) is 0 Å². The molecule has 0 spiro atoms. The molecule has 22 heavy (non-hydrogen) atoms. The van der Waals surface area contributed by atoms with E-state index < -0.39 is 8.32 Å². The number of methoxy groups -OCH3 is 1. The first kappa shape index (κ1) is 22.1. The van der Waals surface area contributed by atoms with E-state index in [0.29, 0.717) is 0 Å². The van der Waals surface area contributed by atoms with E-state index in [-0.39, 0.29) is 30.6 Å². The Morgan fingerprint density at radius 2 is 1.73 bits per heavy atom. The largest absolute Gasteiger partial charge is 0.414 e. The van der Waals surface area contributed by atoms with Crippen molar-refractivity contribution in [2.75, 3.05) is 20.5 Å². The van der Waals surface area contributed by atoms with Gasteiger partial charge in [0.15, 0.2) is 8.32 Å². The highest BCUT2D eigenvalue weighted by Crippen LogP contribution is 2.38. The average Bonchev–Trinajstić information content (AvgIpc) is 2.41. The van der Waals surface area contributed by atoms with E-state index in [1.807, 2.05) is 0 Å². The van der Waals surface area contributed by atoms with Gasteiger partial charge in [-0.3, -0.25) is 0 Å². The predicted molar refractivity (Wildman–Crippen MR) is 94.7 cm³/mol. The van der Waals surface area contributed by atoms with Crippen LogP contribution in [0.1, 0.15) is 59.8 Å². The molecular weight excluding hydrogens is 296 g/mol. The molecule has 0 unspecified atom stereocenters. The Bertz CT molecular complexity index is 276. The zero-order valence-electron chi connectivity index (χ0n) is 15.8. The van der Waals surface area contributed by atoms with Crippen LogP contribution in [0.2, 0.25) is 18.1 Å². The second kappa shape index (κ2) is 10.8. The number of hydrogen-bond acceptors (Lipinski definition) is 4. The van der Waals surface area contributed by atoms with Crippen molar-refractivity contribution in [3.63, 3.8) is 0 Å². The second-order valence-corrected chi connectivity index (χ2v) is 12.4. The number of unbranched alkanes of at least 4 members (excludes halogenated alkanes) is 2. The summed E-state index contributed by atoms with van der Waals surface area (Å²) < 4.78 is 17.1. The Balaban J connectivity index is 4.73. The molecule has 0 radical (unpaired) electrons. The third-order valence-electron chi connectivity index (χ3n) is 4.55. The van der Waals surface area contributed by atoms with Crippen LogP contribution in [0, 0.1) is 0 Å². The number of rotatable bonds is 12. The van der Waals surface area contributed by atoms with Gasteiger partial charge in [0.05, 0.1) is 12.7 Å². The maximum absolute atomic E-state index is 9.51. The second-order valence-electron chi connectivity index (χ2n) is 7.61. The van der Waals surface area contributed by atoms with Crippen molar-refractivity contribution in [3.8, 4) is 0 Å². The van der Waals surface area contributed by atoms with Crippen molar-refractivity contribution in [1.82, 2.24) is 0 Å². The van der Waals surface area contributed by atoms with Crippen molar-refractivity contribution < 1.29 is 19.0 Å². The molecule has 2 atom stereocenters. The van der Waals surface area contributed by atoms with E-state index in [0.717, 1.165) is 19.3 Å². The monoisotopic (exact) mass is 334 g/mol. The molecule has 0 heterocycles. The lowest BCUT2D eigenvalue weighted by molar-refractivity contribution is -0.0987. The number of aliphatic hydroxyl groups excluding tert-OH is 1. The van der Waals surface area contributed by atoms with Crippen LogP contribution in [0.15, 0.2) is 0 Å². The molecule has 1 N–H and O–H groups in total. The van der Waals surface area contributed by atoms with Crippen LogP contribution in [-0.2, 0) is 13.9 Å². The summed E-state index contributed by atoms with van der Waals surface area (Å²) in [5.74, 6) is 0. The third kappa shape index (κ3) is 8.63. The molecule has 134 valence electrons. The first-order valence-electron chi connectivity index (χ1n) is 8.57. The van der Waals surface area contributed by atoms with Crippen molar-refractivity contribution in [1.29, 1.82) is 0 Å². The zero-order valence-corrected chi connectivity index (χ0v) is 16.8. The fourth-order valence-corrected chi connectivity index (χ4v) is 3.49. The van der Waals surface area contributed by atoms with Crippen molar-refractivity contribution in [2.45, 2.75) is 90.1 Å². The maximum atomic E-state index is 9.51. The molecule has 0 saturated heterocycles. The highest BCUT2D eigenvalue weighted by atomic mass is 28.4. The Morgan fingerprint density at radius 1 is 1.09 bits per heavy atom. The molecule has 0 fully saturated rings. The summed E-state index contributed by atoms with van der Waals surface area (Å²) in [7, 11) is -0.211. The highest BCUT2D eigenvalue weighted by molar-refractivity contribution is 6.74. The summed E-state index contributed by atoms with van der Waals surface area (Å²) in [4.78, 5) is 0. The van der Waals surface area contributed by atoms with Gasteiger partial charge >= 0.3 is 0 Å². The first-order valence-corrected chi connectivity index (χ1v) is 11.5. The summed E-state index contributed by atoms with van der Waals surface area (Å²) in [6.07, 6.45) is 5.30. The van der Waals surface area contributed by atoms with Crippen molar-refractivity contribution >= 4 is 8.32 Å². The van der Waals surface area contributed by atoms with Crippen LogP contribution >= 0.6 is 0 Å². The molecule has 0 amide bonds. The molecule has 0 aliphatic heterocycles. The third-order valence-corrected chi connectivity index (χ3v) is 9.08. The normalized spacial score (nSPS) is 15.8. The predicted octanol–water partition coefficient (Wildman–Crippen LogP) is 4.33. The van der Waals surface area contributed by atoms with Crippen LogP contribution in [-0.4, -0.2) is 46.1 Å². The molecule has 0 aliphatic rings. The van der Waals surface area contributed by atoms with E-state index in [4.69, 9.17) is 13.9 Å². The quantitative estimate of drug-likeness (QED) is 0.328. The van der Waals surface area contributed by atoms with Gasteiger partial charge in [0.25, 0.3) is 0 Å². The van der Waals surface area contributed by atoms with Crippen LogP contribution in [0.4, 0.5) is 0 Å². The van der Waals surface area contributed by atoms with Gasteiger partial charge < -0.3 is 19.0 Å². The van der Waals surface area contributed by atoms with E-state index in [2.05, 4.69) is 40.8 Å². The Kier molecular flexibility index (Phi) is 10.8. The Hall–Kier alpha value is 0.0569. The first-order chi connectivity index (χ1) is 10.2. The lowest BCUT2D eigenvalue weighted by Crippen LogP contribution is -2.45. The molecule has 4 nitrogen and oxygen atoms in total. The van der Waals surface area contributed by atoms with E-state index in [1.165, 1.54) is 12.8 Å². The topological polar surface area (TPSA) is 47.9 Å². The average molecular weight is 335 g/mol. The summed E-state index contributed by atoms with van der Waals surface area (Å²) >= 11 is 0. The number of aliphatic hydroxyl groups is 1. The SMILES string of the molecule is CCCCC[C@H](C[C@@H](CO)OCOC)O[Si](C)(C)C(C)(C)C. The fraction of sp³-hybridized carbons (Fsp3) is 1.00. The van der Waals surface area contributed by atoms with Crippen molar-refractivity contribution in [2.24, 2.45) is 0 Å². The van der Waals surface area contributed by atoms with E-state index >= 15 is 0 Å². The van der Waals surface area contributed by atoms with E-state index in [9.17, 15) is 5.11 Å². The van der Waals surface area contributed by atoms with Crippen LogP contribution in [0.5, 0.6) is 0 Å². The summed E-state index contributed by atoms with van der Waals surface area (Å²) in [6.45, 7) is 13.8. The van der Waals surface area contributed by atoms with Crippen LogP contribution in [0.25, 0.3) is 0 Å². The minimum absolute atomic E-state index is 0.00843.